The van der Waals surface area contributed by atoms with Crippen LogP contribution in [0.3, 0.4) is 0 Å². The fraction of sp³-hybridized carbons (Fsp3) is 0.316. The van der Waals surface area contributed by atoms with Crippen LogP contribution in [0.5, 0.6) is 0 Å². The lowest BCUT2D eigenvalue weighted by Gasteiger charge is -2.21. The Bertz CT molecular complexity index is 750. The maximum atomic E-state index is 6.21. The molecule has 1 aliphatic rings. The lowest BCUT2D eigenvalue weighted by atomic mass is 10.2. The van der Waals surface area contributed by atoms with Crippen molar-refractivity contribution >= 4 is 10.9 Å². The molecule has 0 aliphatic heterocycles. The topological polar surface area (TPSA) is 27.1 Å². The van der Waals surface area contributed by atoms with Crippen molar-refractivity contribution in [2.24, 2.45) is 0 Å². The molecule has 22 heavy (non-hydrogen) atoms. The van der Waals surface area contributed by atoms with E-state index >= 15 is 0 Å². The molecule has 112 valence electrons. The van der Waals surface area contributed by atoms with E-state index in [0.717, 1.165) is 12.8 Å². The number of nitrogens with zero attached hydrogens (tertiary/aromatic N) is 2. The highest BCUT2D eigenvalue weighted by atomic mass is 16.5. The average Bonchev–Trinajstić information content (AvgIpc) is 3.20. The summed E-state index contributed by atoms with van der Waals surface area (Å²) >= 11 is 0. The van der Waals surface area contributed by atoms with E-state index in [2.05, 4.69) is 58.3 Å². The summed E-state index contributed by atoms with van der Waals surface area (Å²) in [4.78, 5) is 0. The van der Waals surface area contributed by atoms with Gasteiger partial charge in [-0.2, -0.15) is 5.10 Å². The molecule has 1 unspecified atom stereocenters. The van der Waals surface area contributed by atoms with Crippen molar-refractivity contribution in [3.8, 4) is 0 Å². The van der Waals surface area contributed by atoms with Gasteiger partial charge in [-0.05, 0) is 30.9 Å². The first kappa shape index (κ1) is 13.5. The maximum absolute atomic E-state index is 6.21. The third kappa shape index (κ3) is 2.53. The Hall–Kier alpha value is -2.13. The van der Waals surface area contributed by atoms with E-state index in [1.54, 1.807) is 0 Å². The minimum atomic E-state index is 0.253. The van der Waals surface area contributed by atoms with E-state index in [-0.39, 0.29) is 6.10 Å². The van der Waals surface area contributed by atoms with Crippen LogP contribution in [-0.2, 0) is 11.3 Å². The third-order valence-corrected chi connectivity index (χ3v) is 4.54. The first-order valence-corrected chi connectivity index (χ1v) is 7.99. The molecule has 1 saturated carbocycles. The monoisotopic (exact) mass is 292 g/mol. The van der Waals surface area contributed by atoms with E-state index < -0.39 is 0 Å². The van der Waals surface area contributed by atoms with E-state index in [4.69, 9.17) is 4.74 Å². The zero-order valence-corrected chi connectivity index (χ0v) is 12.6. The van der Waals surface area contributed by atoms with Gasteiger partial charge >= 0.3 is 0 Å². The smallest absolute Gasteiger partial charge is 0.0803 e. The standard InChI is InChI=1S/C19H20N2O/c1-2-7-15(8-3-1)14-22-19-12-6-11-18(19)21-17-10-5-4-9-16(17)13-20-21/h1-5,7-10,13,18-19H,6,11-12,14H2/t18?,19-/m0/s1. The fourth-order valence-electron chi connectivity index (χ4n) is 3.41. The van der Waals surface area contributed by atoms with Crippen LogP contribution in [0.25, 0.3) is 10.9 Å². The second kappa shape index (κ2) is 5.93. The summed E-state index contributed by atoms with van der Waals surface area (Å²) in [5, 5.41) is 5.82. The van der Waals surface area contributed by atoms with Gasteiger partial charge in [0.05, 0.1) is 30.5 Å². The van der Waals surface area contributed by atoms with Gasteiger partial charge in [-0.3, -0.25) is 4.68 Å². The minimum absolute atomic E-state index is 0.253. The lowest BCUT2D eigenvalue weighted by Crippen LogP contribution is -2.22. The lowest BCUT2D eigenvalue weighted by molar-refractivity contribution is 0.0177. The summed E-state index contributed by atoms with van der Waals surface area (Å²) in [6.07, 6.45) is 5.68. The van der Waals surface area contributed by atoms with Gasteiger partial charge in [0.2, 0.25) is 0 Å². The molecule has 0 saturated heterocycles. The van der Waals surface area contributed by atoms with Crippen LogP contribution >= 0.6 is 0 Å². The number of hydrogen-bond acceptors (Lipinski definition) is 2. The summed E-state index contributed by atoms with van der Waals surface area (Å²) in [5.41, 5.74) is 2.45. The van der Waals surface area contributed by atoms with Gasteiger partial charge in [-0.15, -0.1) is 0 Å². The molecule has 3 nitrogen and oxygen atoms in total. The van der Waals surface area contributed by atoms with Crippen molar-refractivity contribution in [3.63, 3.8) is 0 Å². The highest BCUT2D eigenvalue weighted by molar-refractivity contribution is 5.78. The highest BCUT2D eigenvalue weighted by Gasteiger charge is 2.30. The van der Waals surface area contributed by atoms with Gasteiger partial charge in [0.25, 0.3) is 0 Å². The SMILES string of the molecule is c1ccc(CO[C@H]2CCCC2n2ncc3ccccc32)cc1. The molecule has 1 heterocycles. The molecule has 0 amide bonds. The molecule has 0 N–H and O–H groups in total. The Kier molecular flexibility index (Phi) is 3.65. The molecular formula is C19H20N2O. The van der Waals surface area contributed by atoms with Crippen LogP contribution in [0.2, 0.25) is 0 Å². The van der Waals surface area contributed by atoms with Gasteiger partial charge in [0.1, 0.15) is 0 Å². The molecule has 0 radical (unpaired) electrons. The van der Waals surface area contributed by atoms with Crippen LogP contribution < -0.4 is 0 Å². The second-order valence-electron chi connectivity index (χ2n) is 5.98. The first-order valence-electron chi connectivity index (χ1n) is 7.99. The largest absolute Gasteiger partial charge is 0.371 e. The van der Waals surface area contributed by atoms with Gasteiger partial charge in [-0.1, -0.05) is 48.5 Å². The van der Waals surface area contributed by atoms with Crippen molar-refractivity contribution in [1.29, 1.82) is 0 Å². The Morgan fingerprint density at radius 3 is 2.73 bits per heavy atom. The molecule has 1 aromatic heterocycles. The van der Waals surface area contributed by atoms with Crippen LogP contribution in [0.1, 0.15) is 30.9 Å². The number of ether oxygens (including phenoxy) is 1. The Balaban J connectivity index is 1.53. The zero-order valence-electron chi connectivity index (χ0n) is 12.6. The first-order chi connectivity index (χ1) is 10.9. The van der Waals surface area contributed by atoms with Crippen molar-refractivity contribution in [2.75, 3.05) is 0 Å². The number of benzene rings is 2. The predicted molar refractivity (Wildman–Crippen MR) is 87.6 cm³/mol. The Morgan fingerprint density at radius 2 is 1.82 bits per heavy atom. The summed E-state index contributed by atoms with van der Waals surface area (Å²) in [6, 6.07) is 19.2. The number of hydrogen-bond donors (Lipinski definition) is 0. The van der Waals surface area contributed by atoms with Gasteiger partial charge < -0.3 is 4.74 Å². The van der Waals surface area contributed by atoms with E-state index in [1.807, 2.05) is 12.3 Å². The normalized spacial score (nSPS) is 21.5. The molecular weight excluding hydrogens is 272 g/mol. The van der Waals surface area contributed by atoms with Crippen LogP contribution in [0.15, 0.2) is 60.8 Å². The Morgan fingerprint density at radius 1 is 1.00 bits per heavy atom. The maximum Gasteiger partial charge on any atom is 0.0803 e. The quantitative estimate of drug-likeness (QED) is 0.715. The predicted octanol–water partition coefficient (Wildman–Crippen LogP) is 4.35. The minimum Gasteiger partial charge on any atom is -0.371 e. The molecule has 3 aromatic rings. The van der Waals surface area contributed by atoms with Crippen molar-refractivity contribution in [2.45, 2.75) is 38.0 Å². The fourth-order valence-corrected chi connectivity index (χ4v) is 3.41. The summed E-state index contributed by atoms with van der Waals surface area (Å²) in [7, 11) is 0. The molecule has 2 aromatic carbocycles. The molecule has 2 atom stereocenters. The zero-order chi connectivity index (χ0) is 14.8. The average molecular weight is 292 g/mol. The Labute approximate surface area is 130 Å². The van der Waals surface area contributed by atoms with Crippen molar-refractivity contribution < 1.29 is 4.74 Å². The third-order valence-electron chi connectivity index (χ3n) is 4.54. The second-order valence-corrected chi connectivity index (χ2v) is 5.98. The van der Waals surface area contributed by atoms with E-state index in [1.165, 1.54) is 22.9 Å². The summed E-state index contributed by atoms with van der Waals surface area (Å²) < 4.78 is 8.38. The van der Waals surface area contributed by atoms with E-state index in [9.17, 15) is 0 Å². The number of aromatic nitrogens is 2. The van der Waals surface area contributed by atoms with Gasteiger partial charge in [-0.25, -0.2) is 0 Å². The van der Waals surface area contributed by atoms with Gasteiger partial charge in [0.15, 0.2) is 0 Å². The molecule has 0 bridgehead atoms. The van der Waals surface area contributed by atoms with E-state index in [0.29, 0.717) is 12.6 Å². The van der Waals surface area contributed by atoms with Crippen LogP contribution in [0, 0.1) is 0 Å². The number of fused-ring (bicyclic) bond motifs is 1. The molecule has 3 heteroatoms. The summed E-state index contributed by atoms with van der Waals surface area (Å²) in [6.45, 7) is 0.682. The molecule has 1 fully saturated rings. The molecule has 0 spiro atoms. The highest BCUT2D eigenvalue weighted by Crippen LogP contribution is 2.34. The number of para-hydroxylation sites is 1. The summed E-state index contributed by atoms with van der Waals surface area (Å²) in [5.74, 6) is 0. The van der Waals surface area contributed by atoms with Crippen LogP contribution in [0.4, 0.5) is 0 Å². The van der Waals surface area contributed by atoms with Crippen molar-refractivity contribution in [3.05, 3.63) is 66.4 Å². The van der Waals surface area contributed by atoms with Crippen molar-refractivity contribution in [1.82, 2.24) is 9.78 Å². The number of rotatable bonds is 4. The van der Waals surface area contributed by atoms with Crippen LogP contribution in [-0.4, -0.2) is 15.9 Å². The molecule has 4 rings (SSSR count). The van der Waals surface area contributed by atoms with Gasteiger partial charge in [0, 0.05) is 5.39 Å². The molecule has 1 aliphatic carbocycles.